The van der Waals surface area contributed by atoms with Crippen molar-refractivity contribution in [3.63, 3.8) is 0 Å². The monoisotopic (exact) mass is 278 g/mol. The molecule has 1 atom stereocenters. The highest BCUT2D eigenvalue weighted by Gasteiger charge is 2.36. The fourth-order valence-corrected chi connectivity index (χ4v) is 3.19. The molecule has 0 spiro atoms. The number of amides is 1. The first-order valence-electron chi connectivity index (χ1n) is 6.11. The third kappa shape index (κ3) is 2.52. The molecular formula is C12H14N4O2S. The zero-order valence-electron chi connectivity index (χ0n) is 10.1. The van der Waals surface area contributed by atoms with Gasteiger partial charge in [-0.15, -0.1) is 11.3 Å². The third-order valence-electron chi connectivity index (χ3n) is 3.39. The average Bonchev–Trinajstić information content (AvgIpc) is 3.03. The van der Waals surface area contributed by atoms with E-state index < -0.39 is 0 Å². The van der Waals surface area contributed by atoms with E-state index in [1.807, 2.05) is 17.5 Å². The fraction of sp³-hybridized carbons (Fsp3) is 0.417. The minimum atomic E-state index is -0.266. The third-order valence-corrected chi connectivity index (χ3v) is 4.34. The van der Waals surface area contributed by atoms with Crippen molar-refractivity contribution in [3.8, 4) is 0 Å². The molecule has 1 amide bonds. The number of aromatic amines is 1. The minimum absolute atomic E-state index is 0.0685. The summed E-state index contributed by atoms with van der Waals surface area (Å²) in [7, 11) is 0. The normalized spacial score (nSPS) is 23.6. The number of aromatic nitrogens is 3. The van der Waals surface area contributed by atoms with Crippen molar-refractivity contribution >= 4 is 17.2 Å². The minimum Gasteiger partial charge on any atom is -0.393 e. The Morgan fingerprint density at radius 1 is 1.58 bits per heavy atom. The fourth-order valence-electron chi connectivity index (χ4n) is 2.32. The molecule has 3 rings (SSSR count). The van der Waals surface area contributed by atoms with E-state index in [2.05, 4.69) is 20.5 Å². The lowest BCUT2D eigenvalue weighted by Crippen LogP contribution is -2.41. The number of nitrogens with zero attached hydrogens (tertiary/aromatic N) is 2. The molecule has 2 heterocycles. The average molecular weight is 278 g/mol. The van der Waals surface area contributed by atoms with Crippen molar-refractivity contribution in [2.45, 2.75) is 25.0 Å². The lowest BCUT2D eigenvalue weighted by atomic mass is 9.77. The van der Waals surface area contributed by atoms with Gasteiger partial charge in [-0.05, 0) is 30.2 Å². The second kappa shape index (κ2) is 5.10. The van der Waals surface area contributed by atoms with Crippen LogP contribution in [0.3, 0.4) is 0 Å². The highest BCUT2D eigenvalue weighted by Crippen LogP contribution is 2.39. The van der Waals surface area contributed by atoms with Crippen LogP contribution in [0.2, 0.25) is 0 Å². The number of carbonyl (C=O) groups is 1. The van der Waals surface area contributed by atoms with Gasteiger partial charge in [-0.2, -0.15) is 5.10 Å². The summed E-state index contributed by atoms with van der Waals surface area (Å²) in [5, 5.41) is 20.6. The van der Waals surface area contributed by atoms with Gasteiger partial charge in [-0.25, -0.2) is 4.98 Å². The zero-order valence-corrected chi connectivity index (χ0v) is 10.9. The van der Waals surface area contributed by atoms with Crippen LogP contribution < -0.4 is 5.32 Å². The molecule has 19 heavy (non-hydrogen) atoms. The number of hydrogen-bond donors (Lipinski definition) is 3. The van der Waals surface area contributed by atoms with Gasteiger partial charge in [0, 0.05) is 4.88 Å². The Morgan fingerprint density at radius 3 is 3.00 bits per heavy atom. The molecule has 3 N–H and O–H groups in total. The van der Waals surface area contributed by atoms with Gasteiger partial charge in [0.05, 0.1) is 12.1 Å². The molecule has 0 radical (unpaired) electrons. The molecule has 7 heteroatoms. The van der Waals surface area contributed by atoms with E-state index in [9.17, 15) is 9.90 Å². The lowest BCUT2D eigenvalue weighted by molar-refractivity contribution is 0.0240. The molecule has 6 nitrogen and oxygen atoms in total. The summed E-state index contributed by atoms with van der Waals surface area (Å²) in [5.41, 5.74) is 0. The van der Waals surface area contributed by atoms with E-state index in [-0.39, 0.29) is 29.8 Å². The molecule has 1 fully saturated rings. The Bertz CT molecular complexity index is 534. The quantitative estimate of drug-likeness (QED) is 0.781. The van der Waals surface area contributed by atoms with Gasteiger partial charge in [-0.1, -0.05) is 6.07 Å². The number of nitrogens with one attached hydrogen (secondary N) is 2. The molecule has 2 aromatic rings. The van der Waals surface area contributed by atoms with Crippen molar-refractivity contribution < 1.29 is 9.90 Å². The van der Waals surface area contributed by atoms with Gasteiger partial charge in [0.2, 0.25) is 5.82 Å². The van der Waals surface area contributed by atoms with E-state index in [4.69, 9.17) is 0 Å². The van der Waals surface area contributed by atoms with Gasteiger partial charge < -0.3 is 10.4 Å². The molecule has 0 bridgehead atoms. The second-order valence-electron chi connectivity index (χ2n) is 4.69. The van der Waals surface area contributed by atoms with Crippen molar-refractivity contribution in [2.75, 3.05) is 0 Å². The van der Waals surface area contributed by atoms with Crippen molar-refractivity contribution in [2.24, 2.45) is 5.92 Å². The first-order chi connectivity index (χ1) is 9.24. The van der Waals surface area contributed by atoms with Gasteiger partial charge in [0.15, 0.2) is 0 Å². The van der Waals surface area contributed by atoms with Gasteiger partial charge in [0.25, 0.3) is 5.91 Å². The van der Waals surface area contributed by atoms with Crippen molar-refractivity contribution in [3.05, 3.63) is 34.5 Å². The molecule has 1 aliphatic carbocycles. The van der Waals surface area contributed by atoms with Crippen LogP contribution in [0.4, 0.5) is 0 Å². The Morgan fingerprint density at radius 2 is 2.42 bits per heavy atom. The number of thiophene rings is 1. The molecule has 0 saturated heterocycles. The summed E-state index contributed by atoms with van der Waals surface area (Å²) in [4.78, 5) is 17.0. The first-order valence-corrected chi connectivity index (χ1v) is 6.99. The summed E-state index contributed by atoms with van der Waals surface area (Å²) in [6.07, 6.45) is 2.51. The van der Waals surface area contributed by atoms with Gasteiger partial charge >= 0.3 is 0 Å². The van der Waals surface area contributed by atoms with Crippen molar-refractivity contribution in [1.82, 2.24) is 20.5 Å². The van der Waals surface area contributed by atoms with E-state index >= 15 is 0 Å². The number of aliphatic hydroxyl groups excluding tert-OH is 1. The number of H-pyrrole nitrogens is 1. The molecule has 2 aromatic heterocycles. The highest BCUT2D eigenvalue weighted by molar-refractivity contribution is 7.10. The zero-order chi connectivity index (χ0) is 13.2. The van der Waals surface area contributed by atoms with E-state index in [0.717, 1.165) is 17.7 Å². The maximum atomic E-state index is 12.0. The van der Waals surface area contributed by atoms with E-state index in [1.54, 1.807) is 11.3 Å². The molecule has 0 aromatic carbocycles. The predicted octanol–water partition coefficient (Wildman–Crippen LogP) is 1.11. The summed E-state index contributed by atoms with van der Waals surface area (Å²) in [6.45, 7) is 0. The summed E-state index contributed by atoms with van der Waals surface area (Å²) in [6, 6.07) is 3.89. The molecule has 100 valence electrons. The van der Waals surface area contributed by atoms with E-state index in [0.29, 0.717) is 0 Å². The largest absolute Gasteiger partial charge is 0.393 e. The molecule has 1 saturated carbocycles. The topological polar surface area (TPSA) is 90.9 Å². The van der Waals surface area contributed by atoms with Crippen LogP contribution in [0, 0.1) is 5.92 Å². The maximum Gasteiger partial charge on any atom is 0.289 e. The van der Waals surface area contributed by atoms with Crippen LogP contribution in [0.1, 0.15) is 34.4 Å². The summed E-state index contributed by atoms with van der Waals surface area (Å²) >= 11 is 1.61. The van der Waals surface area contributed by atoms with Crippen LogP contribution in [0.5, 0.6) is 0 Å². The standard InChI is InChI=1S/C12H14N4O2S/c17-8-4-7(5-8)10(9-2-1-3-19-9)15-12(18)11-13-6-14-16-11/h1-3,6-8,10,17H,4-5H2,(H,15,18)(H,13,14,16)/t7?,8?,10-/m0/s1. The van der Waals surface area contributed by atoms with Gasteiger partial charge in [0.1, 0.15) is 6.33 Å². The Kier molecular flexibility index (Phi) is 3.31. The SMILES string of the molecule is O=C(N[C@H](c1cccs1)C1CC(O)C1)c1ncn[nH]1. The Labute approximate surface area is 113 Å². The number of hydrogen-bond acceptors (Lipinski definition) is 5. The van der Waals surface area contributed by atoms with Crippen LogP contribution in [0.25, 0.3) is 0 Å². The molecule has 0 unspecified atom stereocenters. The van der Waals surface area contributed by atoms with Crippen LogP contribution in [0.15, 0.2) is 23.8 Å². The molecule has 0 aliphatic heterocycles. The van der Waals surface area contributed by atoms with Gasteiger partial charge in [-0.3, -0.25) is 9.89 Å². The molecule has 1 aliphatic rings. The predicted molar refractivity (Wildman–Crippen MR) is 69.6 cm³/mol. The molecular weight excluding hydrogens is 264 g/mol. The number of carbonyl (C=O) groups excluding carboxylic acids is 1. The summed E-state index contributed by atoms with van der Waals surface area (Å²) in [5.74, 6) is 0.222. The number of aliphatic hydroxyl groups is 1. The Balaban J connectivity index is 1.74. The summed E-state index contributed by atoms with van der Waals surface area (Å²) < 4.78 is 0. The highest BCUT2D eigenvalue weighted by atomic mass is 32.1. The van der Waals surface area contributed by atoms with Crippen LogP contribution in [-0.4, -0.2) is 32.3 Å². The first kappa shape index (κ1) is 12.3. The van der Waals surface area contributed by atoms with Crippen molar-refractivity contribution in [1.29, 1.82) is 0 Å². The second-order valence-corrected chi connectivity index (χ2v) is 5.67. The lowest BCUT2D eigenvalue weighted by Gasteiger charge is -2.37. The number of rotatable bonds is 4. The maximum absolute atomic E-state index is 12.0. The van der Waals surface area contributed by atoms with Crippen LogP contribution >= 0.6 is 11.3 Å². The van der Waals surface area contributed by atoms with Crippen LogP contribution in [-0.2, 0) is 0 Å². The smallest absolute Gasteiger partial charge is 0.289 e. The Hall–Kier alpha value is -1.73. The van der Waals surface area contributed by atoms with E-state index in [1.165, 1.54) is 6.33 Å².